The van der Waals surface area contributed by atoms with Crippen LogP contribution in [0.25, 0.3) is 0 Å². The highest BCUT2D eigenvalue weighted by atomic mass is 16.5. The summed E-state index contributed by atoms with van der Waals surface area (Å²) in [4.78, 5) is 11.5. The monoisotopic (exact) mass is 210 g/mol. The van der Waals surface area contributed by atoms with Gasteiger partial charge in [-0.25, -0.2) is 0 Å². The van der Waals surface area contributed by atoms with E-state index in [2.05, 4.69) is 0 Å². The highest BCUT2D eigenvalue weighted by molar-refractivity contribution is 5.79. The SMILES string of the molecule is CCOCC1CC(=O)CCC12CCCC2. The predicted molar refractivity (Wildman–Crippen MR) is 59.7 cm³/mol. The summed E-state index contributed by atoms with van der Waals surface area (Å²) >= 11 is 0. The van der Waals surface area contributed by atoms with Gasteiger partial charge in [0.15, 0.2) is 0 Å². The number of carbonyl (C=O) groups is 1. The second-order valence-corrected chi connectivity index (χ2v) is 5.17. The van der Waals surface area contributed by atoms with Crippen molar-refractivity contribution in [2.45, 2.75) is 51.9 Å². The molecule has 2 heteroatoms. The van der Waals surface area contributed by atoms with Crippen molar-refractivity contribution in [2.75, 3.05) is 13.2 Å². The van der Waals surface area contributed by atoms with E-state index in [0.717, 1.165) is 32.5 Å². The molecule has 2 nitrogen and oxygen atoms in total. The van der Waals surface area contributed by atoms with Crippen LogP contribution in [0, 0.1) is 11.3 Å². The van der Waals surface area contributed by atoms with E-state index in [4.69, 9.17) is 4.74 Å². The van der Waals surface area contributed by atoms with Crippen molar-refractivity contribution in [3.63, 3.8) is 0 Å². The quantitative estimate of drug-likeness (QED) is 0.716. The van der Waals surface area contributed by atoms with Gasteiger partial charge in [0.2, 0.25) is 0 Å². The van der Waals surface area contributed by atoms with E-state index >= 15 is 0 Å². The Balaban J connectivity index is 2.02. The molecule has 0 bridgehead atoms. The van der Waals surface area contributed by atoms with Gasteiger partial charge in [0.1, 0.15) is 5.78 Å². The lowest BCUT2D eigenvalue weighted by Gasteiger charge is -2.40. The Bertz CT molecular complexity index is 229. The lowest BCUT2D eigenvalue weighted by molar-refractivity contribution is -0.126. The Morgan fingerprint density at radius 3 is 2.73 bits per heavy atom. The Hall–Kier alpha value is -0.370. The van der Waals surface area contributed by atoms with Gasteiger partial charge in [0, 0.05) is 19.4 Å². The fraction of sp³-hybridized carbons (Fsp3) is 0.923. The van der Waals surface area contributed by atoms with Gasteiger partial charge in [-0.2, -0.15) is 0 Å². The topological polar surface area (TPSA) is 26.3 Å². The Kier molecular flexibility index (Phi) is 3.45. The second kappa shape index (κ2) is 4.65. The van der Waals surface area contributed by atoms with Crippen molar-refractivity contribution in [1.82, 2.24) is 0 Å². The molecule has 0 aromatic rings. The van der Waals surface area contributed by atoms with Gasteiger partial charge in [-0.15, -0.1) is 0 Å². The normalized spacial score (nSPS) is 29.9. The average Bonchev–Trinajstić information content (AvgIpc) is 2.70. The minimum absolute atomic E-state index is 0.456. The van der Waals surface area contributed by atoms with Crippen LogP contribution in [0.2, 0.25) is 0 Å². The van der Waals surface area contributed by atoms with E-state index in [1.165, 1.54) is 25.7 Å². The van der Waals surface area contributed by atoms with E-state index in [-0.39, 0.29) is 0 Å². The van der Waals surface area contributed by atoms with Gasteiger partial charge in [0.05, 0.1) is 6.61 Å². The molecule has 2 aliphatic carbocycles. The van der Waals surface area contributed by atoms with E-state index in [1.54, 1.807) is 0 Å². The first-order chi connectivity index (χ1) is 7.27. The lowest BCUT2D eigenvalue weighted by atomic mass is 9.65. The van der Waals surface area contributed by atoms with Crippen LogP contribution < -0.4 is 0 Å². The third-order valence-electron chi connectivity index (χ3n) is 4.36. The Morgan fingerprint density at radius 1 is 1.33 bits per heavy atom. The summed E-state index contributed by atoms with van der Waals surface area (Å²) in [5.74, 6) is 0.971. The molecule has 0 N–H and O–H groups in total. The van der Waals surface area contributed by atoms with E-state index in [0.29, 0.717) is 17.1 Å². The van der Waals surface area contributed by atoms with Gasteiger partial charge in [0.25, 0.3) is 0 Å². The van der Waals surface area contributed by atoms with Gasteiger partial charge >= 0.3 is 0 Å². The van der Waals surface area contributed by atoms with Crippen LogP contribution in [-0.4, -0.2) is 19.0 Å². The maximum Gasteiger partial charge on any atom is 0.133 e. The fourth-order valence-electron chi connectivity index (χ4n) is 3.42. The minimum Gasteiger partial charge on any atom is -0.381 e. The summed E-state index contributed by atoms with van der Waals surface area (Å²) < 4.78 is 5.56. The number of carbonyl (C=O) groups excluding carboxylic acids is 1. The maximum absolute atomic E-state index is 11.5. The summed E-state index contributed by atoms with van der Waals surface area (Å²) in [6.07, 6.45) is 8.11. The first kappa shape index (κ1) is 11.1. The molecule has 0 amide bonds. The van der Waals surface area contributed by atoms with E-state index in [9.17, 15) is 4.79 Å². The average molecular weight is 210 g/mol. The minimum atomic E-state index is 0.456. The van der Waals surface area contributed by atoms with Crippen LogP contribution in [0.3, 0.4) is 0 Å². The van der Waals surface area contributed by atoms with Gasteiger partial charge in [-0.1, -0.05) is 12.8 Å². The lowest BCUT2D eigenvalue weighted by Crippen LogP contribution is -2.37. The van der Waals surface area contributed by atoms with Crippen molar-refractivity contribution in [1.29, 1.82) is 0 Å². The van der Waals surface area contributed by atoms with E-state index in [1.807, 2.05) is 6.92 Å². The smallest absolute Gasteiger partial charge is 0.133 e. The molecule has 15 heavy (non-hydrogen) atoms. The zero-order valence-corrected chi connectivity index (χ0v) is 9.76. The summed E-state index contributed by atoms with van der Waals surface area (Å²) in [7, 11) is 0. The summed E-state index contributed by atoms with van der Waals surface area (Å²) in [5, 5.41) is 0. The van der Waals surface area contributed by atoms with Crippen LogP contribution in [-0.2, 0) is 9.53 Å². The number of hydrogen-bond acceptors (Lipinski definition) is 2. The third kappa shape index (κ3) is 2.25. The largest absolute Gasteiger partial charge is 0.381 e. The first-order valence-electron chi connectivity index (χ1n) is 6.36. The van der Waals surface area contributed by atoms with Crippen molar-refractivity contribution >= 4 is 5.78 Å². The molecule has 0 radical (unpaired) electrons. The van der Waals surface area contributed by atoms with Gasteiger partial charge in [-0.3, -0.25) is 4.79 Å². The Morgan fingerprint density at radius 2 is 2.07 bits per heavy atom. The van der Waals surface area contributed by atoms with Crippen molar-refractivity contribution < 1.29 is 9.53 Å². The molecular weight excluding hydrogens is 188 g/mol. The second-order valence-electron chi connectivity index (χ2n) is 5.17. The maximum atomic E-state index is 11.5. The standard InChI is InChI=1S/C13H22O2/c1-2-15-10-11-9-12(14)5-8-13(11)6-3-4-7-13/h11H,2-10H2,1H3. The molecule has 2 fully saturated rings. The zero-order valence-electron chi connectivity index (χ0n) is 9.76. The molecule has 0 aliphatic heterocycles. The van der Waals surface area contributed by atoms with Gasteiger partial charge in [-0.05, 0) is 37.5 Å². The highest BCUT2D eigenvalue weighted by Crippen LogP contribution is 2.51. The van der Waals surface area contributed by atoms with Crippen LogP contribution in [0.5, 0.6) is 0 Å². The first-order valence-corrected chi connectivity index (χ1v) is 6.36. The number of ether oxygens (including phenoxy) is 1. The van der Waals surface area contributed by atoms with Crippen LogP contribution in [0.15, 0.2) is 0 Å². The molecule has 2 saturated carbocycles. The number of hydrogen-bond donors (Lipinski definition) is 0. The number of ketones is 1. The molecular formula is C13H22O2. The summed E-state index contributed by atoms with van der Waals surface area (Å²) in [6.45, 7) is 3.62. The molecule has 0 aromatic carbocycles. The summed E-state index contributed by atoms with van der Waals surface area (Å²) in [6, 6.07) is 0. The molecule has 2 rings (SSSR count). The number of rotatable bonds is 3. The highest BCUT2D eigenvalue weighted by Gasteiger charge is 2.44. The Labute approximate surface area is 92.4 Å². The van der Waals surface area contributed by atoms with Crippen molar-refractivity contribution in [3.8, 4) is 0 Å². The summed E-state index contributed by atoms with van der Waals surface area (Å²) in [5.41, 5.74) is 0.475. The predicted octanol–water partition coefficient (Wildman–Crippen LogP) is 2.95. The zero-order chi connectivity index (χ0) is 10.7. The van der Waals surface area contributed by atoms with E-state index < -0.39 is 0 Å². The molecule has 0 saturated heterocycles. The van der Waals surface area contributed by atoms with Crippen LogP contribution in [0.4, 0.5) is 0 Å². The molecule has 1 spiro atoms. The van der Waals surface area contributed by atoms with Crippen LogP contribution in [0.1, 0.15) is 51.9 Å². The molecule has 0 aromatic heterocycles. The molecule has 0 heterocycles. The van der Waals surface area contributed by atoms with Gasteiger partial charge < -0.3 is 4.74 Å². The molecule has 1 unspecified atom stereocenters. The van der Waals surface area contributed by atoms with Crippen molar-refractivity contribution in [2.24, 2.45) is 11.3 Å². The molecule has 1 atom stereocenters. The number of Topliss-reactive ketones (excluding diaryl/α,β-unsaturated/α-hetero) is 1. The van der Waals surface area contributed by atoms with Crippen LogP contribution >= 0.6 is 0 Å². The van der Waals surface area contributed by atoms with Crippen molar-refractivity contribution in [3.05, 3.63) is 0 Å². The third-order valence-corrected chi connectivity index (χ3v) is 4.36. The molecule has 86 valence electrons. The fourth-order valence-corrected chi connectivity index (χ4v) is 3.42. The molecule has 2 aliphatic rings.